The van der Waals surface area contributed by atoms with Crippen LogP contribution in [0.3, 0.4) is 0 Å². The first-order valence-corrected chi connectivity index (χ1v) is 19.3. The summed E-state index contributed by atoms with van der Waals surface area (Å²) in [6.45, 7) is 10.8. The minimum Gasteiger partial charge on any atom is -0.415 e. The van der Waals surface area contributed by atoms with Crippen molar-refractivity contribution < 1.29 is 54.6 Å². The van der Waals surface area contributed by atoms with E-state index in [0.29, 0.717) is 0 Å². The second-order valence-electron chi connectivity index (χ2n) is 7.95. The number of benzene rings is 2. The van der Waals surface area contributed by atoms with Crippen LogP contribution in [0.1, 0.15) is 7.43 Å². The largest absolute Gasteiger partial charge is 0.415 e. The fraction of sp³-hybridized carbons (Fsp3) is 0.368. The number of rotatable bonds is 8. The summed E-state index contributed by atoms with van der Waals surface area (Å²) in [6.07, 6.45) is 0. The predicted molar refractivity (Wildman–Crippen MR) is 125 cm³/mol. The minimum atomic E-state index is -3.26. The average Bonchev–Trinajstić information content (AvgIpc) is 2.52. The van der Waals surface area contributed by atoms with Crippen LogP contribution in [0.2, 0.25) is 39.3 Å². The Bertz CT molecular complexity index is 694. The molecule has 159 valence electrons. The van der Waals surface area contributed by atoms with E-state index in [1.54, 1.807) is 26.2 Å². The molecule has 0 bridgehead atoms. The van der Waals surface area contributed by atoms with Gasteiger partial charge < -0.3 is 21.9 Å². The van der Waals surface area contributed by atoms with Crippen molar-refractivity contribution in [2.45, 2.75) is 46.7 Å². The van der Waals surface area contributed by atoms with Gasteiger partial charge in [-0.2, -0.15) is 0 Å². The Labute approximate surface area is 205 Å². The van der Waals surface area contributed by atoms with Crippen LogP contribution < -0.4 is 10.4 Å². The van der Waals surface area contributed by atoms with Crippen LogP contribution in [0.5, 0.6) is 0 Å². The first-order chi connectivity index (χ1) is 12.3. The molecule has 29 heavy (non-hydrogen) atoms. The van der Waals surface area contributed by atoms with Crippen LogP contribution in [0, 0.1) is 0 Å². The minimum absolute atomic E-state index is 0. The Hall–Kier alpha value is 0.211. The van der Waals surface area contributed by atoms with Gasteiger partial charge in [-0.1, -0.05) is 68.1 Å². The molecular formula is C19H34O5Si4Y. The first kappa shape index (κ1) is 29.2. The molecule has 0 saturated carbocycles. The molecule has 0 amide bonds. The number of hydrogen-bond acceptors (Lipinski definition) is 5. The molecule has 1 radical (unpaired) electrons. The molecule has 0 unspecified atom stereocenters. The standard InChI is InChI=1S/C18H30O5Si4.CH4.Y/c1-24(2,19)21-26(5,6)23-27(22-25(3,4)20,17-13-9-7-10-14-17)18-15-11-8-12-16-18;;/h7-16,19-20H,1-6H3;1H4;. The molecule has 5 nitrogen and oxygen atoms in total. The Morgan fingerprint density at radius 1 is 0.586 bits per heavy atom. The fourth-order valence-electron chi connectivity index (χ4n) is 3.06. The van der Waals surface area contributed by atoms with Crippen molar-refractivity contribution in [2.75, 3.05) is 0 Å². The molecule has 0 atom stereocenters. The first-order valence-electron chi connectivity index (χ1n) is 8.99. The van der Waals surface area contributed by atoms with Crippen LogP contribution in [0.25, 0.3) is 0 Å². The van der Waals surface area contributed by atoms with E-state index >= 15 is 0 Å². The molecule has 0 spiro atoms. The molecule has 0 heterocycles. The summed E-state index contributed by atoms with van der Waals surface area (Å²) in [5.41, 5.74) is 0. The second-order valence-corrected chi connectivity index (χ2v) is 21.4. The molecule has 0 aliphatic heterocycles. The maximum absolute atomic E-state index is 10.7. The van der Waals surface area contributed by atoms with Gasteiger partial charge in [0.2, 0.25) is 0 Å². The normalized spacial score (nSPS) is 12.7. The summed E-state index contributed by atoms with van der Waals surface area (Å²) in [5, 5.41) is 1.82. The van der Waals surface area contributed by atoms with E-state index in [4.69, 9.17) is 12.3 Å². The molecule has 2 aromatic carbocycles. The summed E-state index contributed by atoms with van der Waals surface area (Å²) >= 11 is 0. The summed E-state index contributed by atoms with van der Waals surface area (Å²) in [6, 6.07) is 19.6. The third-order valence-electron chi connectivity index (χ3n) is 3.59. The number of hydrogen-bond donors (Lipinski definition) is 2. The monoisotopic (exact) mass is 543 g/mol. The quantitative estimate of drug-likeness (QED) is 0.501. The Morgan fingerprint density at radius 2 is 0.931 bits per heavy atom. The maximum atomic E-state index is 10.7. The molecule has 0 aliphatic carbocycles. The van der Waals surface area contributed by atoms with Gasteiger partial charge in [0.25, 0.3) is 0 Å². The SMILES string of the molecule is C.C[Si](C)(O)O[Si](C)(C)O[Si](O[Si](C)(C)O)(c1ccccc1)c1ccccc1.[Y]. The van der Waals surface area contributed by atoms with Crippen LogP contribution in [0.4, 0.5) is 0 Å². The van der Waals surface area contributed by atoms with E-state index < -0.39 is 34.2 Å². The van der Waals surface area contributed by atoms with Crippen LogP contribution >= 0.6 is 0 Å². The van der Waals surface area contributed by atoms with Gasteiger partial charge in [-0.25, -0.2) is 0 Å². The van der Waals surface area contributed by atoms with Gasteiger partial charge in [0.15, 0.2) is 0 Å². The van der Waals surface area contributed by atoms with Crippen molar-refractivity contribution in [1.29, 1.82) is 0 Å². The van der Waals surface area contributed by atoms with Crippen molar-refractivity contribution >= 4 is 44.6 Å². The van der Waals surface area contributed by atoms with Gasteiger partial charge in [0.05, 0.1) is 0 Å². The molecule has 0 aliphatic rings. The van der Waals surface area contributed by atoms with E-state index in [2.05, 4.69) is 0 Å². The third-order valence-corrected chi connectivity index (χ3v) is 16.0. The molecule has 2 rings (SSSR count). The Kier molecular flexibility index (Phi) is 11.3. The van der Waals surface area contributed by atoms with E-state index in [1.165, 1.54) is 0 Å². The average molecular weight is 544 g/mol. The molecule has 10 heteroatoms. The molecule has 2 aromatic rings. The molecular weight excluding hydrogens is 509 g/mol. The topological polar surface area (TPSA) is 68.2 Å². The fourth-order valence-corrected chi connectivity index (χ4v) is 18.0. The van der Waals surface area contributed by atoms with Crippen molar-refractivity contribution in [1.82, 2.24) is 0 Å². The van der Waals surface area contributed by atoms with E-state index in [1.807, 2.05) is 73.8 Å². The summed E-state index contributed by atoms with van der Waals surface area (Å²) < 4.78 is 19.2. The van der Waals surface area contributed by atoms with Crippen molar-refractivity contribution in [3.05, 3.63) is 60.7 Å². The van der Waals surface area contributed by atoms with E-state index in [-0.39, 0.29) is 40.1 Å². The smallest absolute Gasteiger partial charge is 0.389 e. The van der Waals surface area contributed by atoms with E-state index in [0.717, 1.165) is 10.4 Å². The van der Waals surface area contributed by atoms with Crippen molar-refractivity contribution in [3.63, 3.8) is 0 Å². The van der Waals surface area contributed by atoms with Gasteiger partial charge in [0.1, 0.15) is 0 Å². The molecule has 0 saturated heterocycles. The van der Waals surface area contributed by atoms with Crippen LogP contribution in [-0.2, 0) is 45.1 Å². The Morgan fingerprint density at radius 3 is 1.24 bits per heavy atom. The zero-order valence-corrected chi connectivity index (χ0v) is 24.3. The molecule has 2 N–H and O–H groups in total. The zero-order valence-electron chi connectivity index (χ0n) is 17.5. The van der Waals surface area contributed by atoms with Gasteiger partial charge in [-0.15, -0.1) is 0 Å². The van der Waals surface area contributed by atoms with Gasteiger partial charge in [-0.05, 0) is 49.7 Å². The predicted octanol–water partition coefficient (Wildman–Crippen LogP) is 3.02. The molecule has 0 aromatic heterocycles. The summed E-state index contributed by atoms with van der Waals surface area (Å²) in [7, 11) is -11.8. The van der Waals surface area contributed by atoms with Crippen LogP contribution in [-0.4, -0.2) is 43.8 Å². The summed E-state index contributed by atoms with van der Waals surface area (Å²) in [5.74, 6) is 0. The maximum Gasteiger partial charge on any atom is 0.389 e. The zero-order chi connectivity index (χ0) is 20.3. The van der Waals surface area contributed by atoms with Gasteiger partial charge in [-0.3, -0.25) is 0 Å². The van der Waals surface area contributed by atoms with Crippen molar-refractivity contribution in [3.8, 4) is 0 Å². The summed E-state index contributed by atoms with van der Waals surface area (Å²) in [4.78, 5) is 21.0. The van der Waals surface area contributed by atoms with E-state index in [9.17, 15) is 9.59 Å². The molecule has 0 fully saturated rings. The second kappa shape index (κ2) is 11.2. The van der Waals surface area contributed by atoms with Gasteiger partial charge in [0, 0.05) is 32.7 Å². The van der Waals surface area contributed by atoms with Gasteiger partial charge >= 0.3 is 34.2 Å². The Balaban J connectivity index is 0.00000392. The van der Waals surface area contributed by atoms with Crippen LogP contribution in [0.15, 0.2) is 60.7 Å². The van der Waals surface area contributed by atoms with Crippen molar-refractivity contribution in [2.24, 2.45) is 0 Å². The third kappa shape index (κ3) is 9.08.